The van der Waals surface area contributed by atoms with Crippen LogP contribution in [0.1, 0.15) is 32.4 Å². The third-order valence-corrected chi connectivity index (χ3v) is 4.28. The van der Waals surface area contributed by atoms with E-state index in [0.29, 0.717) is 36.8 Å². The molecule has 8 heteroatoms. The summed E-state index contributed by atoms with van der Waals surface area (Å²) in [6.45, 7) is 4.24. The lowest BCUT2D eigenvalue weighted by Gasteiger charge is -2.29. The molecule has 2 heterocycles. The number of amides is 2. The van der Waals surface area contributed by atoms with Gasteiger partial charge in [-0.25, -0.2) is 4.98 Å². The fourth-order valence-corrected chi connectivity index (χ4v) is 3.02. The van der Waals surface area contributed by atoms with E-state index in [0.717, 1.165) is 0 Å². The first kappa shape index (κ1) is 16.4. The number of esters is 1. The van der Waals surface area contributed by atoms with Crippen LogP contribution in [0.15, 0.2) is 5.38 Å². The van der Waals surface area contributed by atoms with E-state index in [1.54, 1.807) is 10.3 Å². The summed E-state index contributed by atoms with van der Waals surface area (Å²) in [6, 6.07) is 0. The minimum absolute atomic E-state index is 0.0415. The number of rotatable bonds is 4. The second kappa shape index (κ2) is 7.35. The topological polar surface area (TPSA) is 88.6 Å². The monoisotopic (exact) mass is 325 g/mol. The van der Waals surface area contributed by atoms with Crippen molar-refractivity contribution in [1.29, 1.82) is 0 Å². The van der Waals surface area contributed by atoms with Gasteiger partial charge in [-0.2, -0.15) is 0 Å². The van der Waals surface area contributed by atoms with Crippen molar-refractivity contribution in [2.24, 2.45) is 5.92 Å². The average Bonchev–Trinajstić information content (AvgIpc) is 2.91. The molecule has 1 fully saturated rings. The number of nitrogens with one attached hydrogen (secondary N) is 1. The fraction of sp³-hybridized carbons (Fsp3) is 0.571. The number of ether oxygens (including phenoxy) is 1. The van der Waals surface area contributed by atoms with E-state index >= 15 is 0 Å². The van der Waals surface area contributed by atoms with Crippen LogP contribution in [-0.4, -0.2) is 40.8 Å². The van der Waals surface area contributed by atoms with Gasteiger partial charge in [-0.3, -0.25) is 14.4 Å². The molecule has 0 radical (unpaired) electrons. The third kappa shape index (κ3) is 4.52. The maximum atomic E-state index is 12.0. The Morgan fingerprint density at radius 1 is 1.36 bits per heavy atom. The molecule has 1 N–H and O–H groups in total. The van der Waals surface area contributed by atoms with Crippen molar-refractivity contribution in [2.45, 2.75) is 33.3 Å². The Kier molecular flexibility index (Phi) is 5.48. The van der Waals surface area contributed by atoms with Gasteiger partial charge in [0.1, 0.15) is 6.61 Å². The Bertz CT molecular complexity index is 564. The third-order valence-electron chi connectivity index (χ3n) is 3.47. The Morgan fingerprint density at radius 3 is 2.64 bits per heavy atom. The van der Waals surface area contributed by atoms with Crippen molar-refractivity contribution in [2.75, 3.05) is 18.4 Å². The van der Waals surface area contributed by atoms with Gasteiger partial charge >= 0.3 is 5.97 Å². The second-order valence-corrected chi connectivity index (χ2v) is 6.07. The summed E-state index contributed by atoms with van der Waals surface area (Å²) in [6.07, 6.45) is 1.26. The van der Waals surface area contributed by atoms with Gasteiger partial charge in [0.25, 0.3) is 0 Å². The maximum absolute atomic E-state index is 12.0. The molecular weight excluding hydrogens is 306 g/mol. The van der Waals surface area contributed by atoms with E-state index < -0.39 is 0 Å². The minimum atomic E-state index is -0.253. The highest BCUT2D eigenvalue weighted by atomic mass is 32.1. The Morgan fingerprint density at radius 2 is 2.05 bits per heavy atom. The molecule has 1 aliphatic heterocycles. The number of nitrogens with zero attached hydrogens (tertiary/aromatic N) is 2. The molecule has 0 unspecified atom stereocenters. The van der Waals surface area contributed by atoms with Crippen LogP contribution in [0, 0.1) is 5.92 Å². The van der Waals surface area contributed by atoms with Gasteiger partial charge in [0.2, 0.25) is 11.8 Å². The summed E-state index contributed by atoms with van der Waals surface area (Å²) in [5.74, 6) is -0.559. The quantitative estimate of drug-likeness (QED) is 0.845. The van der Waals surface area contributed by atoms with Crippen molar-refractivity contribution in [3.8, 4) is 0 Å². The molecule has 1 aromatic rings. The molecule has 1 aliphatic rings. The highest BCUT2D eigenvalue weighted by Crippen LogP contribution is 2.20. The van der Waals surface area contributed by atoms with Crippen LogP contribution in [0.2, 0.25) is 0 Å². The van der Waals surface area contributed by atoms with Crippen molar-refractivity contribution in [3.05, 3.63) is 11.1 Å². The van der Waals surface area contributed by atoms with Gasteiger partial charge in [0.15, 0.2) is 5.13 Å². The van der Waals surface area contributed by atoms with E-state index in [4.69, 9.17) is 4.74 Å². The zero-order valence-electron chi connectivity index (χ0n) is 12.6. The zero-order valence-corrected chi connectivity index (χ0v) is 13.4. The predicted molar refractivity (Wildman–Crippen MR) is 81.2 cm³/mol. The molecular formula is C14H19N3O4S. The number of anilines is 1. The van der Waals surface area contributed by atoms with E-state index in [2.05, 4.69) is 10.3 Å². The summed E-state index contributed by atoms with van der Waals surface area (Å²) in [4.78, 5) is 40.1. The molecule has 0 saturated carbocycles. The molecule has 2 amide bonds. The molecule has 0 aliphatic carbocycles. The van der Waals surface area contributed by atoms with Crippen molar-refractivity contribution < 1.29 is 19.1 Å². The number of likely N-dealkylation sites (tertiary alicyclic amines) is 1. The summed E-state index contributed by atoms with van der Waals surface area (Å²) in [5, 5.41) is 4.82. The fourth-order valence-electron chi connectivity index (χ4n) is 2.27. The minimum Gasteiger partial charge on any atom is -0.459 e. The lowest BCUT2D eigenvalue weighted by molar-refractivity contribution is -0.152. The van der Waals surface area contributed by atoms with Crippen LogP contribution in [0.5, 0.6) is 0 Å². The lowest BCUT2D eigenvalue weighted by atomic mass is 9.97. The van der Waals surface area contributed by atoms with Crippen LogP contribution < -0.4 is 5.32 Å². The maximum Gasteiger partial charge on any atom is 0.309 e. The first-order valence-electron chi connectivity index (χ1n) is 7.10. The van der Waals surface area contributed by atoms with Gasteiger partial charge in [-0.05, 0) is 12.8 Å². The summed E-state index contributed by atoms with van der Waals surface area (Å²) < 4.78 is 5.27. The standard InChI is InChI=1S/C14H19N3O4S/c1-9(18)15-14-16-12(8-22-14)7-21-13(20)11-3-5-17(6-4-11)10(2)19/h8,11H,3-7H2,1-2H3,(H,15,16,18). The highest BCUT2D eigenvalue weighted by Gasteiger charge is 2.27. The predicted octanol–water partition coefficient (Wildman–Crippen LogP) is 1.40. The molecule has 1 aromatic heterocycles. The van der Waals surface area contributed by atoms with Crippen molar-refractivity contribution in [1.82, 2.24) is 9.88 Å². The number of piperidine rings is 1. The SMILES string of the molecule is CC(=O)Nc1nc(COC(=O)C2CCN(C(C)=O)CC2)cs1. The van der Waals surface area contributed by atoms with Gasteiger partial charge in [-0.1, -0.05) is 0 Å². The van der Waals surface area contributed by atoms with Crippen LogP contribution >= 0.6 is 11.3 Å². The molecule has 2 rings (SSSR count). The van der Waals surface area contributed by atoms with Crippen LogP contribution in [0.3, 0.4) is 0 Å². The van der Waals surface area contributed by atoms with E-state index in [9.17, 15) is 14.4 Å². The molecule has 22 heavy (non-hydrogen) atoms. The number of aromatic nitrogens is 1. The highest BCUT2D eigenvalue weighted by molar-refractivity contribution is 7.13. The molecule has 0 spiro atoms. The summed E-state index contributed by atoms with van der Waals surface area (Å²) >= 11 is 1.29. The molecule has 0 bridgehead atoms. The molecule has 1 saturated heterocycles. The number of carbonyl (C=O) groups excluding carboxylic acids is 3. The number of thiazole rings is 1. The molecule has 0 atom stereocenters. The summed E-state index contributed by atoms with van der Waals surface area (Å²) in [5.41, 5.74) is 0.614. The Balaban J connectivity index is 1.77. The molecule has 0 aromatic carbocycles. The lowest BCUT2D eigenvalue weighted by Crippen LogP contribution is -2.39. The van der Waals surface area contributed by atoms with Crippen molar-refractivity contribution >= 4 is 34.3 Å². The van der Waals surface area contributed by atoms with E-state index in [1.807, 2.05) is 0 Å². The first-order valence-corrected chi connectivity index (χ1v) is 7.98. The average molecular weight is 325 g/mol. The van der Waals surface area contributed by atoms with E-state index in [-0.39, 0.29) is 30.3 Å². The van der Waals surface area contributed by atoms with Gasteiger partial charge in [0, 0.05) is 32.3 Å². The Labute approximate surface area is 132 Å². The Hall–Kier alpha value is -1.96. The van der Waals surface area contributed by atoms with Crippen LogP contribution in [0.4, 0.5) is 5.13 Å². The number of hydrogen-bond acceptors (Lipinski definition) is 6. The van der Waals surface area contributed by atoms with Gasteiger partial charge in [0.05, 0.1) is 11.6 Å². The van der Waals surface area contributed by atoms with Gasteiger partial charge < -0.3 is 15.0 Å². The smallest absolute Gasteiger partial charge is 0.309 e. The molecule has 120 valence electrons. The number of hydrogen-bond donors (Lipinski definition) is 1. The van der Waals surface area contributed by atoms with Gasteiger partial charge in [-0.15, -0.1) is 11.3 Å². The number of carbonyl (C=O) groups is 3. The van der Waals surface area contributed by atoms with Crippen molar-refractivity contribution in [3.63, 3.8) is 0 Å². The first-order chi connectivity index (χ1) is 10.5. The molecule has 7 nitrogen and oxygen atoms in total. The summed E-state index contributed by atoms with van der Waals surface area (Å²) in [7, 11) is 0. The normalized spacial score (nSPS) is 15.5. The van der Waals surface area contributed by atoms with Crippen LogP contribution in [-0.2, 0) is 25.7 Å². The van der Waals surface area contributed by atoms with E-state index in [1.165, 1.54) is 25.2 Å². The largest absolute Gasteiger partial charge is 0.459 e. The second-order valence-electron chi connectivity index (χ2n) is 5.21. The van der Waals surface area contributed by atoms with Crippen LogP contribution in [0.25, 0.3) is 0 Å². The zero-order chi connectivity index (χ0) is 16.1.